The molecule has 0 aliphatic heterocycles. The first kappa shape index (κ1) is 30.7. The molecule has 7 nitrogen and oxygen atoms in total. The third-order valence-corrected chi connectivity index (χ3v) is 4.83. The number of unbranched alkanes of at least 4 members (excludes halogenated alkanes) is 12. The van der Waals surface area contributed by atoms with Crippen LogP contribution in [-0.2, 0) is 18.6 Å². The zero-order chi connectivity index (χ0) is 20.4. The molecule has 0 aliphatic carbocycles. The molecule has 0 heterocycles. The molecule has 0 amide bonds. The van der Waals surface area contributed by atoms with Crippen molar-refractivity contribution in [1.29, 1.82) is 0 Å². The predicted octanol–water partition coefficient (Wildman–Crippen LogP) is 0.853. The Bertz CT molecular complexity index is 404. The largest absolute Gasteiger partial charge is 1.00 e. The van der Waals surface area contributed by atoms with Crippen molar-refractivity contribution in [3.63, 3.8) is 0 Å². The van der Waals surface area contributed by atoms with E-state index in [0.29, 0.717) is 0 Å². The quantitative estimate of drug-likeness (QED) is 0.135. The van der Waals surface area contributed by atoms with Crippen LogP contribution in [0.15, 0.2) is 0 Å². The second-order valence-electron chi connectivity index (χ2n) is 7.09. The summed E-state index contributed by atoms with van der Waals surface area (Å²) in [7, 11) is -4.86. The topological polar surface area (TPSA) is 116 Å². The van der Waals surface area contributed by atoms with E-state index in [1.165, 1.54) is 64.2 Å². The van der Waals surface area contributed by atoms with Crippen molar-refractivity contribution in [2.24, 2.45) is 0 Å². The zero-order valence-corrected chi connectivity index (χ0v) is 20.7. The van der Waals surface area contributed by atoms with Crippen LogP contribution in [0.4, 0.5) is 0 Å². The molecule has 0 aromatic rings. The molecule has 0 bridgehead atoms. The van der Waals surface area contributed by atoms with Gasteiger partial charge in [-0.2, -0.15) is 0 Å². The van der Waals surface area contributed by atoms with E-state index >= 15 is 0 Å². The predicted molar refractivity (Wildman–Crippen MR) is 103 cm³/mol. The fraction of sp³-hybridized carbons (Fsp3) is 0.947. The van der Waals surface area contributed by atoms with Crippen molar-refractivity contribution in [1.82, 2.24) is 0 Å². The van der Waals surface area contributed by atoms with Crippen molar-refractivity contribution in [3.8, 4) is 0 Å². The van der Waals surface area contributed by atoms with E-state index in [2.05, 4.69) is 11.4 Å². The maximum absolute atomic E-state index is 11.5. The molecule has 0 radical (unpaired) electrons. The van der Waals surface area contributed by atoms with E-state index in [9.17, 15) is 19.4 Å². The van der Waals surface area contributed by atoms with Crippen molar-refractivity contribution in [2.45, 2.75) is 103 Å². The Hall–Kier alpha value is 0.540. The van der Waals surface area contributed by atoms with E-state index in [-0.39, 0.29) is 42.6 Å². The Morgan fingerprint density at radius 2 is 1.32 bits per heavy atom. The third-order valence-electron chi connectivity index (χ3n) is 4.35. The average molecular weight is 432 g/mol. The molecule has 28 heavy (non-hydrogen) atoms. The molecule has 9 heteroatoms. The number of carbonyl (C=O) groups excluding carboxylic acids is 1. The minimum Gasteiger partial charge on any atom is -0.756 e. The molecule has 0 aromatic carbocycles. The van der Waals surface area contributed by atoms with Crippen molar-refractivity contribution >= 4 is 13.8 Å². The SMILES string of the molecule is CCCCCCCCCCCCCCCC(=O)OCC(O)COP(=O)([O-])O.[Na+]. The molecule has 0 saturated carbocycles. The number of carbonyl (C=O) groups is 1. The Balaban J connectivity index is 0. The normalized spacial score (nSPS) is 14.1. The van der Waals surface area contributed by atoms with Gasteiger partial charge in [0.05, 0.1) is 6.61 Å². The number of aliphatic hydroxyl groups excluding tert-OH is 1. The van der Waals surface area contributed by atoms with Gasteiger partial charge in [-0.25, -0.2) is 0 Å². The number of hydrogen-bond acceptors (Lipinski definition) is 6. The number of ether oxygens (including phenoxy) is 1. The summed E-state index contributed by atoms with van der Waals surface area (Å²) in [4.78, 5) is 30.3. The molecule has 0 spiro atoms. The van der Waals surface area contributed by atoms with Crippen LogP contribution in [-0.4, -0.2) is 35.3 Å². The van der Waals surface area contributed by atoms with Crippen LogP contribution < -0.4 is 34.5 Å². The maximum atomic E-state index is 11.5. The first-order chi connectivity index (χ1) is 12.8. The van der Waals surface area contributed by atoms with E-state index in [4.69, 9.17) is 9.63 Å². The second kappa shape index (κ2) is 20.8. The van der Waals surface area contributed by atoms with Crippen LogP contribution in [0, 0.1) is 0 Å². The molecule has 0 fully saturated rings. The monoisotopic (exact) mass is 432 g/mol. The summed E-state index contributed by atoms with van der Waals surface area (Å²) in [5.74, 6) is -0.425. The van der Waals surface area contributed by atoms with Gasteiger partial charge < -0.3 is 24.2 Å². The van der Waals surface area contributed by atoms with E-state index < -0.39 is 26.5 Å². The summed E-state index contributed by atoms with van der Waals surface area (Å²) in [6.07, 6.45) is 15.0. The summed E-state index contributed by atoms with van der Waals surface area (Å²) in [6, 6.07) is 0. The number of hydrogen-bond donors (Lipinski definition) is 2. The van der Waals surface area contributed by atoms with Gasteiger partial charge >= 0.3 is 35.5 Å². The van der Waals surface area contributed by atoms with Crippen molar-refractivity contribution in [3.05, 3.63) is 0 Å². The molecule has 162 valence electrons. The molecule has 0 saturated heterocycles. The first-order valence-electron chi connectivity index (χ1n) is 10.4. The summed E-state index contributed by atoms with van der Waals surface area (Å²) < 4.78 is 19.2. The van der Waals surface area contributed by atoms with Gasteiger partial charge in [-0.3, -0.25) is 9.36 Å². The van der Waals surface area contributed by atoms with Gasteiger partial charge in [0, 0.05) is 6.42 Å². The molecule has 2 atom stereocenters. The van der Waals surface area contributed by atoms with Crippen LogP contribution in [0.1, 0.15) is 96.8 Å². The summed E-state index contributed by atoms with van der Waals surface area (Å²) in [5, 5.41) is 9.37. The van der Waals surface area contributed by atoms with Crippen LogP contribution in [0.3, 0.4) is 0 Å². The Labute approximate surface area is 192 Å². The van der Waals surface area contributed by atoms with Gasteiger partial charge in [-0.15, -0.1) is 0 Å². The molecule has 0 aromatic heterocycles. The van der Waals surface area contributed by atoms with Crippen LogP contribution in [0.5, 0.6) is 0 Å². The van der Waals surface area contributed by atoms with Crippen molar-refractivity contribution in [2.75, 3.05) is 13.2 Å². The zero-order valence-electron chi connectivity index (χ0n) is 17.8. The standard InChI is InChI=1S/C19H39O7P.Na/c1-2-3-4-5-6-7-8-9-10-11-12-13-14-15-19(21)25-16-18(20)17-26-27(22,23)24;/h18,20H,2-17H2,1H3,(H2,22,23,24);/q;+1/p-1. The van der Waals surface area contributed by atoms with Gasteiger partial charge in [0.1, 0.15) is 12.7 Å². The number of phosphoric acid groups is 1. The second-order valence-corrected chi connectivity index (χ2v) is 8.29. The average Bonchev–Trinajstić information content (AvgIpc) is 2.61. The molecule has 2 N–H and O–H groups in total. The van der Waals surface area contributed by atoms with Crippen molar-refractivity contribution < 1.29 is 63.1 Å². The summed E-state index contributed by atoms with van der Waals surface area (Å²) in [5.41, 5.74) is 0. The van der Waals surface area contributed by atoms with E-state index in [0.717, 1.165) is 19.3 Å². The molecule has 2 unspecified atom stereocenters. The summed E-state index contributed by atoms with van der Waals surface area (Å²) >= 11 is 0. The Morgan fingerprint density at radius 1 is 0.893 bits per heavy atom. The van der Waals surface area contributed by atoms with Gasteiger partial charge in [-0.1, -0.05) is 84.0 Å². The summed E-state index contributed by atoms with van der Waals surface area (Å²) in [6.45, 7) is 1.25. The van der Waals surface area contributed by atoms with Crippen LogP contribution in [0.2, 0.25) is 0 Å². The molecular weight excluding hydrogens is 394 g/mol. The number of aliphatic hydroxyl groups is 1. The smallest absolute Gasteiger partial charge is 0.756 e. The van der Waals surface area contributed by atoms with Gasteiger partial charge in [-0.05, 0) is 6.42 Å². The fourth-order valence-corrected chi connectivity index (χ4v) is 3.14. The van der Waals surface area contributed by atoms with E-state index in [1.807, 2.05) is 0 Å². The first-order valence-corrected chi connectivity index (χ1v) is 11.9. The number of phosphoric ester groups is 1. The maximum Gasteiger partial charge on any atom is 1.00 e. The Kier molecular flexibility index (Phi) is 22.8. The Morgan fingerprint density at radius 3 is 1.75 bits per heavy atom. The molecule has 0 rings (SSSR count). The third kappa shape index (κ3) is 24.6. The number of esters is 1. The minimum atomic E-state index is -4.86. The minimum absolute atomic E-state index is 0. The van der Waals surface area contributed by atoms with Gasteiger partial charge in [0.2, 0.25) is 0 Å². The van der Waals surface area contributed by atoms with Crippen LogP contribution >= 0.6 is 7.82 Å². The van der Waals surface area contributed by atoms with Crippen LogP contribution in [0.25, 0.3) is 0 Å². The van der Waals surface area contributed by atoms with Gasteiger partial charge in [0.25, 0.3) is 7.82 Å². The molecule has 0 aliphatic rings. The number of rotatable bonds is 19. The molecular formula is C19H38NaO7P. The fourth-order valence-electron chi connectivity index (χ4n) is 2.78. The van der Waals surface area contributed by atoms with E-state index in [1.54, 1.807) is 0 Å². The van der Waals surface area contributed by atoms with Gasteiger partial charge in [0.15, 0.2) is 0 Å².